The van der Waals surface area contributed by atoms with Crippen molar-refractivity contribution in [3.8, 4) is 11.3 Å². The summed E-state index contributed by atoms with van der Waals surface area (Å²) in [6, 6.07) is 31.9. The largest absolute Gasteiger partial charge is 0.456 e. The lowest BCUT2D eigenvalue weighted by Gasteiger charge is -2.15. The molecule has 2 aromatic heterocycles. The lowest BCUT2D eigenvalue weighted by Crippen LogP contribution is -1.99. The first-order chi connectivity index (χ1) is 20.3. The first-order valence-corrected chi connectivity index (χ1v) is 14.3. The van der Waals surface area contributed by atoms with Gasteiger partial charge in [0.15, 0.2) is 0 Å². The molecule has 0 fully saturated rings. The minimum Gasteiger partial charge on any atom is -0.456 e. The zero-order valence-electron chi connectivity index (χ0n) is 23.7. The van der Waals surface area contributed by atoms with E-state index < -0.39 is 0 Å². The summed E-state index contributed by atoms with van der Waals surface area (Å²) in [5, 5.41) is 9.63. The summed E-state index contributed by atoms with van der Waals surface area (Å²) in [7, 11) is 0. The molecule has 0 saturated heterocycles. The van der Waals surface area contributed by atoms with Gasteiger partial charge in [0.1, 0.15) is 11.2 Å². The normalized spacial score (nSPS) is 12.4. The van der Waals surface area contributed by atoms with Crippen molar-refractivity contribution in [2.45, 2.75) is 27.7 Å². The molecule has 8 aromatic rings. The molecule has 0 amide bonds. The maximum absolute atomic E-state index is 6.53. The number of hydrogen-bond donors (Lipinski definition) is 0. The van der Waals surface area contributed by atoms with E-state index in [1.54, 1.807) is 0 Å². The molecule has 0 aliphatic heterocycles. The lowest BCUT2D eigenvalue weighted by molar-refractivity contribution is 0.670. The number of furan rings is 1. The average Bonchev–Trinajstić information content (AvgIpc) is 3.41. The first-order valence-electron chi connectivity index (χ1n) is 14.3. The van der Waals surface area contributed by atoms with Gasteiger partial charge in [-0.2, -0.15) is 0 Å². The molecule has 3 nitrogen and oxygen atoms in total. The van der Waals surface area contributed by atoms with Gasteiger partial charge in [-0.25, -0.2) is 9.97 Å². The molecule has 0 aliphatic rings. The smallest absolute Gasteiger partial charge is 0.136 e. The molecule has 0 N–H and O–H groups in total. The monoisotopic (exact) mass is 530 g/mol. The Labute approximate surface area is 238 Å². The van der Waals surface area contributed by atoms with Gasteiger partial charge >= 0.3 is 0 Å². The second-order valence-corrected chi connectivity index (χ2v) is 10.0. The quantitative estimate of drug-likeness (QED) is 0.168. The van der Waals surface area contributed by atoms with Crippen LogP contribution in [0.4, 0.5) is 0 Å². The fourth-order valence-electron chi connectivity index (χ4n) is 6.25. The van der Waals surface area contributed by atoms with Gasteiger partial charge in [0.25, 0.3) is 0 Å². The van der Waals surface area contributed by atoms with Crippen LogP contribution in [0.15, 0.2) is 114 Å². The molecule has 3 heteroatoms. The van der Waals surface area contributed by atoms with Crippen LogP contribution in [0.2, 0.25) is 0 Å². The predicted octanol–water partition coefficient (Wildman–Crippen LogP) is 11.1. The minimum absolute atomic E-state index is 0.873. The number of aromatic nitrogens is 2. The standard InChI is InChI=1S/C36H24N2O.C2H6/c1-3-11-21(4-2)35-36(38-29-18-8-7-17-28(29)37-35)26-16-9-14-25-27(26)20-31-34-32(25)23-13-6-5-12-22(23)24-15-10-19-30(39-31)33(24)34;1-2/h3-20H,1-2H3;1-2H3/b11-3-,21-4+;. The minimum atomic E-state index is 0.873. The molecular formula is C38H30N2O. The Hall–Kier alpha value is -5.02. The molecule has 0 atom stereocenters. The van der Waals surface area contributed by atoms with Crippen LogP contribution < -0.4 is 0 Å². The summed E-state index contributed by atoms with van der Waals surface area (Å²) in [6.07, 6.45) is 6.26. The maximum Gasteiger partial charge on any atom is 0.136 e. The van der Waals surface area contributed by atoms with Crippen LogP contribution in [0, 0.1) is 0 Å². The summed E-state index contributed by atoms with van der Waals surface area (Å²) in [5.41, 5.74) is 7.43. The summed E-state index contributed by atoms with van der Waals surface area (Å²) in [4.78, 5) is 10.3. The lowest BCUT2D eigenvalue weighted by atomic mass is 9.89. The van der Waals surface area contributed by atoms with Crippen molar-refractivity contribution >= 4 is 70.9 Å². The summed E-state index contributed by atoms with van der Waals surface area (Å²) in [5.74, 6) is 0. The second-order valence-electron chi connectivity index (χ2n) is 10.0. The Morgan fingerprint density at radius 3 is 2.00 bits per heavy atom. The highest BCUT2D eigenvalue weighted by molar-refractivity contribution is 6.38. The van der Waals surface area contributed by atoms with E-state index in [4.69, 9.17) is 14.4 Å². The Bertz CT molecular complexity index is 2300. The van der Waals surface area contributed by atoms with Crippen molar-refractivity contribution in [1.29, 1.82) is 0 Å². The topological polar surface area (TPSA) is 38.9 Å². The zero-order valence-corrected chi connectivity index (χ0v) is 23.7. The summed E-state index contributed by atoms with van der Waals surface area (Å²) >= 11 is 0. The van der Waals surface area contributed by atoms with Gasteiger partial charge in [0.2, 0.25) is 0 Å². The van der Waals surface area contributed by atoms with Crippen molar-refractivity contribution in [2.75, 3.05) is 0 Å². The highest BCUT2D eigenvalue weighted by Gasteiger charge is 2.22. The molecule has 2 heterocycles. The van der Waals surface area contributed by atoms with E-state index in [1.807, 2.05) is 45.0 Å². The molecule has 0 unspecified atom stereocenters. The molecular weight excluding hydrogens is 500 g/mol. The van der Waals surface area contributed by atoms with Gasteiger partial charge < -0.3 is 4.42 Å². The molecule has 8 rings (SSSR count). The third-order valence-electron chi connectivity index (χ3n) is 7.89. The summed E-state index contributed by atoms with van der Waals surface area (Å²) in [6.45, 7) is 8.08. The van der Waals surface area contributed by atoms with Crippen LogP contribution in [-0.4, -0.2) is 9.97 Å². The number of fused-ring (bicyclic) bond motifs is 6. The fourth-order valence-corrected chi connectivity index (χ4v) is 6.25. The second kappa shape index (κ2) is 9.87. The van der Waals surface area contributed by atoms with Crippen LogP contribution in [0.3, 0.4) is 0 Å². The SMILES string of the molecule is C/C=C\C(=C/C)c1nc2ccccc2nc1-c1cccc2c1cc1oc3cccc4c5ccccc5c2c1c34.CC. The number of hydrogen-bond acceptors (Lipinski definition) is 3. The van der Waals surface area contributed by atoms with Crippen LogP contribution in [-0.2, 0) is 0 Å². The van der Waals surface area contributed by atoms with Crippen molar-refractivity contribution in [2.24, 2.45) is 0 Å². The van der Waals surface area contributed by atoms with Gasteiger partial charge in [-0.15, -0.1) is 0 Å². The molecule has 0 spiro atoms. The third-order valence-corrected chi connectivity index (χ3v) is 7.89. The number of rotatable bonds is 3. The highest BCUT2D eigenvalue weighted by Crippen LogP contribution is 2.47. The van der Waals surface area contributed by atoms with E-state index in [9.17, 15) is 0 Å². The molecule has 0 aliphatic carbocycles. The van der Waals surface area contributed by atoms with E-state index in [0.29, 0.717) is 0 Å². The molecule has 6 aromatic carbocycles. The van der Waals surface area contributed by atoms with E-state index in [0.717, 1.165) is 50.1 Å². The van der Waals surface area contributed by atoms with E-state index in [-0.39, 0.29) is 0 Å². The maximum atomic E-state index is 6.53. The summed E-state index contributed by atoms with van der Waals surface area (Å²) < 4.78 is 6.53. The van der Waals surface area contributed by atoms with Crippen LogP contribution >= 0.6 is 0 Å². The van der Waals surface area contributed by atoms with Gasteiger partial charge in [0, 0.05) is 21.7 Å². The molecule has 0 radical (unpaired) electrons. The molecule has 41 heavy (non-hydrogen) atoms. The predicted molar refractivity (Wildman–Crippen MR) is 176 cm³/mol. The van der Waals surface area contributed by atoms with E-state index in [2.05, 4.69) is 91.9 Å². The number of para-hydroxylation sites is 2. The van der Waals surface area contributed by atoms with Crippen LogP contribution in [0.5, 0.6) is 0 Å². The Balaban J connectivity index is 0.00000135. The van der Waals surface area contributed by atoms with Crippen molar-refractivity contribution in [1.82, 2.24) is 9.97 Å². The fraction of sp³-hybridized carbons (Fsp3) is 0.105. The van der Waals surface area contributed by atoms with Gasteiger partial charge in [-0.05, 0) is 70.6 Å². The van der Waals surface area contributed by atoms with Crippen LogP contribution in [0.1, 0.15) is 33.4 Å². The number of nitrogens with zero attached hydrogens (tertiary/aromatic N) is 2. The van der Waals surface area contributed by atoms with Gasteiger partial charge in [0.05, 0.1) is 22.4 Å². The average molecular weight is 531 g/mol. The Morgan fingerprint density at radius 2 is 1.24 bits per heavy atom. The van der Waals surface area contributed by atoms with Crippen molar-refractivity contribution < 1.29 is 4.42 Å². The number of allylic oxidation sites excluding steroid dienone is 4. The number of benzene rings is 6. The Morgan fingerprint density at radius 1 is 0.610 bits per heavy atom. The van der Waals surface area contributed by atoms with Gasteiger partial charge in [-0.3, -0.25) is 0 Å². The van der Waals surface area contributed by atoms with E-state index >= 15 is 0 Å². The van der Waals surface area contributed by atoms with Crippen molar-refractivity contribution in [3.05, 3.63) is 115 Å². The third kappa shape index (κ3) is 3.66. The van der Waals surface area contributed by atoms with Crippen LogP contribution in [0.25, 0.3) is 82.1 Å². The highest BCUT2D eigenvalue weighted by atomic mass is 16.3. The molecule has 0 saturated carbocycles. The Kier molecular flexibility index (Phi) is 6.01. The first kappa shape index (κ1) is 25.0. The van der Waals surface area contributed by atoms with Gasteiger partial charge in [-0.1, -0.05) is 98.8 Å². The molecule has 0 bridgehead atoms. The zero-order chi connectivity index (χ0) is 28.1. The van der Waals surface area contributed by atoms with E-state index in [1.165, 1.54) is 37.7 Å². The van der Waals surface area contributed by atoms with Crippen molar-refractivity contribution in [3.63, 3.8) is 0 Å². The molecule has 198 valence electrons.